The summed E-state index contributed by atoms with van der Waals surface area (Å²) in [5, 5.41) is 9.36. The van der Waals surface area contributed by atoms with Gasteiger partial charge in [0.1, 0.15) is 0 Å². The summed E-state index contributed by atoms with van der Waals surface area (Å²) in [7, 11) is 0. The second-order valence-corrected chi connectivity index (χ2v) is 7.87. The number of aromatic amines is 1. The second kappa shape index (κ2) is 8.76. The molecule has 1 saturated heterocycles. The predicted molar refractivity (Wildman–Crippen MR) is 98.0 cm³/mol. The molecule has 6 heteroatoms. The van der Waals surface area contributed by atoms with Crippen molar-refractivity contribution >= 4 is 11.3 Å². The van der Waals surface area contributed by atoms with Crippen LogP contribution in [0.4, 0.5) is 0 Å². The van der Waals surface area contributed by atoms with Crippen molar-refractivity contribution in [3.05, 3.63) is 39.6 Å². The van der Waals surface area contributed by atoms with E-state index in [1.54, 1.807) is 6.33 Å². The number of aryl methyl sites for hydroxylation is 1. The van der Waals surface area contributed by atoms with E-state index < -0.39 is 0 Å². The largest absolute Gasteiger partial charge is 0.395 e. The number of H-pyrrole nitrogens is 1. The fraction of sp³-hybridized carbons (Fsp3) is 0.611. The lowest BCUT2D eigenvalue weighted by atomic mass is 10.1. The first-order valence-corrected chi connectivity index (χ1v) is 9.68. The zero-order chi connectivity index (χ0) is 16.8. The van der Waals surface area contributed by atoms with E-state index in [0.717, 1.165) is 31.0 Å². The number of piperidine rings is 1. The number of nitrogens with one attached hydrogen (secondary N) is 1. The molecule has 3 heterocycles. The van der Waals surface area contributed by atoms with Gasteiger partial charge < -0.3 is 10.1 Å². The first kappa shape index (κ1) is 17.6. The molecule has 2 aromatic heterocycles. The Labute approximate surface area is 148 Å². The lowest BCUT2D eigenvalue weighted by molar-refractivity contribution is 0.184. The smallest absolute Gasteiger partial charge is 0.0925 e. The summed E-state index contributed by atoms with van der Waals surface area (Å²) in [6.45, 7) is 8.10. The fourth-order valence-corrected chi connectivity index (χ4v) is 4.37. The zero-order valence-corrected chi connectivity index (χ0v) is 15.3. The average Bonchev–Trinajstić information content (AvgIpc) is 3.18. The molecule has 0 amide bonds. The Kier molecular flexibility index (Phi) is 6.43. The summed E-state index contributed by atoms with van der Waals surface area (Å²) in [6, 6.07) is 4.51. The molecule has 0 saturated carbocycles. The molecule has 0 unspecified atom stereocenters. The number of hydrogen-bond acceptors (Lipinski definition) is 5. The highest BCUT2D eigenvalue weighted by Crippen LogP contribution is 2.22. The van der Waals surface area contributed by atoms with Crippen LogP contribution in [-0.2, 0) is 19.6 Å². The van der Waals surface area contributed by atoms with Gasteiger partial charge in [0.2, 0.25) is 0 Å². The maximum absolute atomic E-state index is 9.36. The van der Waals surface area contributed by atoms with Gasteiger partial charge >= 0.3 is 0 Å². The highest BCUT2D eigenvalue weighted by Gasteiger charge is 2.14. The van der Waals surface area contributed by atoms with Crippen molar-refractivity contribution in [2.45, 2.75) is 45.8 Å². The van der Waals surface area contributed by atoms with Crippen LogP contribution in [0.1, 0.15) is 40.4 Å². The van der Waals surface area contributed by atoms with Gasteiger partial charge in [-0.25, -0.2) is 4.98 Å². The van der Waals surface area contributed by atoms with Gasteiger partial charge in [-0.05, 0) is 45.0 Å². The number of rotatable bonds is 8. The van der Waals surface area contributed by atoms with Gasteiger partial charge in [-0.15, -0.1) is 11.3 Å². The van der Waals surface area contributed by atoms with E-state index >= 15 is 0 Å². The molecule has 132 valence electrons. The van der Waals surface area contributed by atoms with E-state index in [-0.39, 0.29) is 6.61 Å². The minimum absolute atomic E-state index is 0.176. The fourth-order valence-electron chi connectivity index (χ4n) is 3.26. The van der Waals surface area contributed by atoms with Crippen molar-refractivity contribution in [1.82, 2.24) is 19.8 Å². The second-order valence-electron chi connectivity index (χ2n) is 6.61. The van der Waals surface area contributed by atoms with Crippen LogP contribution < -0.4 is 0 Å². The summed E-state index contributed by atoms with van der Waals surface area (Å²) < 4.78 is 0. The van der Waals surface area contributed by atoms with Crippen molar-refractivity contribution in [1.29, 1.82) is 0 Å². The quantitative estimate of drug-likeness (QED) is 0.770. The Morgan fingerprint density at radius 2 is 2.00 bits per heavy atom. The van der Waals surface area contributed by atoms with Gasteiger partial charge in [0, 0.05) is 41.6 Å². The summed E-state index contributed by atoms with van der Waals surface area (Å²) in [5.74, 6) is 0. The SMILES string of the molecule is Cc1[nH]cnc1CN(CCO)Cc1ccc(CN2CCCCC2)s1. The zero-order valence-electron chi connectivity index (χ0n) is 14.5. The van der Waals surface area contributed by atoms with E-state index in [4.69, 9.17) is 0 Å². The number of likely N-dealkylation sites (tertiary alicyclic amines) is 1. The third-order valence-corrected chi connectivity index (χ3v) is 5.70. The molecule has 0 spiro atoms. The monoisotopic (exact) mass is 348 g/mol. The minimum Gasteiger partial charge on any atom is -0.395 e. The lowest BCUT2D eigenvalue weighted by Crippen LogP contribution is -2.28. The van der Waals surface area contributed by atoms with Gasteiger partial charge in [-0.1, -0.05) is 6.42 Å². The summed E-state index contributed by atoms with van der Waals surface area (Å²) in [6.07, 6.45) is 5.80. The third-order valence-electron chi connectivity index (χ3n) is 4.65. The summed E-state index contributed by atoms with van der Waals surface area (Å²) in [4.78, 5) is 15.2. The molecule has 0 aliphatic carbocycles. The number of imidazole rings is 1. The Hall–Kier alpha value is -1.21. The first-order chi connectivity index (χ1) is 11.7. The van der Waals surface area contributed by atoms with Crippen molar-refractivity contribution in [3.63, 3.8) is 0 Å². The van der Waals surface area contributed by atoms with E-state index in [1.165, 1.54) is 42.1 Å². The number of aliphatic hydroxyl groups excluding tert-OH is 1. The standard InChI is InChI=1S/C18H28N4OS/c1-15-18(20-14-19-15)13-22(9-10-23)12-17-6-5-16(24-17)11-21-7-3-2-4-8-21/h5-6,14,23H,2-4,7-13H2,1H3,(H,19,20). The summed E-state index contributed by atoms with van der Waals surface area (Å²) in [5.41, 5.74) is 2.17. The van der Waals surface area contributed by atoms with E-state index in [9.17, 15) is 5.11 Å². The van der Waals surface area contributed by atoms with Crippen LogP contribution in [0, 0.1) is 6.92 Å². The van der Waals surface area contributed by atoms with Crippen LogP contribution in [0.3, 0.4) is 0 Å². The predicted octanol–water partition coefficient (Wildman–Crippen LogP) is 2.76. The van der Waals surface area contributed by atoms with E-state index in [2.05, 4.69) is 31.9 Å². The maximum atomic E-state index is 9.36. The van der Waals surface area contributed by atoms with Gasteiger partial charge in [0.15, 0.2) is 0 Å². The molecule has 0 bridgehead atoms. The van der Waals surface area contributed by atoms with Crippen LogP contribution in [0.15, 0.2) is 18.5 Å². The molecular weight excluding hydrogens is 320 g/mol. The molecule has 0 radical (unpaired) electrons. The Morgan fingerprint density at radius 1 is 1.21 bits per heavy atom. The van der Waals surface area contributed by atoms with Crippen LogP contribution in [0.2, 0.25) is 0 Å². The Bertz CT molecular complexity index is 618. The van der Waals surface area contributed by atoms with E-state index in [0.29, 0.717) is 6.54 Å². The number of hydrogen-bond donors (Lipinski definition) is 2. The number of thiophene rings is 1. The average molecular weight is 349 g/mol. The Balaban J connectivity index is 1.57. The maximum Gasteiger partial charge on any atom is 0.0925 e. The van der Waals surface area contributed by atoms with Gasteiger partial charge in [0.25, 0.3) is 0 Å². The van der Waals surface area contributed by atoms with Gasteiger partial charge in [0.05, 0.1) is 18.6 Å². The molecule has 24 heavy (non-hydrogen) atoms. The molecule has 1 aliphatic heterocycles. The van der Waals surface area contributed by atoms with Crippen molar-refractivity contribution in [2.75, 3.05) is 26.2 Å². The van der Waals surface area contributed by atoms with Crippen molar-refractivity contribution in [3.8, 4) is 0 Å². The van der Waals surface area contributed by atoms with Crippen LogP contribution >= 0.6 is 11.3 Å². The first-order valence-electron chi connectivity index (χ1n) is 8.86. The molecule has 5 nitrogen and oxygen atoms in total. The molecule has 2 N–H and O–H groups in total. The minimum atomic E-state index is 0.176. The number of nitrogens with zero attached hydrogens (tertiary/aromatic N) is 3. The third kappa shape index (κ3) is 4.89. The molecular formula is C18H28N4OS. The summed E-state index contributed by atoms with van der Waals surface area (Å²) >= 11 is 1.90. The lowest BCUT2D eigenvalue weighted by Gasteiger charge is -2.25. The normalized spacial score (nSPS) is 16.1. The van der Waals surface area contributed by atoms with Crippen molar-refractivity contribution in [2.24, 2.45) is 0 Å². The molecule has 1 fully saturated rings. The number of aliphatic hydroxyl groups is 1. The van der Waals surface area contributed by atoms with Crippen LogP contribution in [-0.4, -0.2) is 51.1 Å². The van der Waals surface area contributed by atoms with Crippen LogP contribution in [0.5, 0.6) is 0 Å². The molecule has 3 rings (SSSR count). The Morgan fingerprint density at radius 3 is 2.71 bits per heavy atom. The van der Waals surface area contributed by atoms with Crippen LogP contribution in [0.25, 0.3) is 0 Å². The molecule has 2 aromatic rings. The molecule has 0 aromatic carbocycles. The van der Waals surface area contributed by atoms with Gasteiger partial charge in [-0.2, -0.15) is 0 Å². The molecule has 1 aliphatic rings. The topological polar surface area (TPSA) is 55.4 Å². The van der Waals surface area contributed by atoms with Gasteiger partial charge in [-0.3, -0.25) is 9.80 Å². The highest BCUT2D eigenvalue weighted by molar-refractivity contribution is 7.11. The molecule has 0 atom stereocenters. The van der Waals surface area contributed by atoms with E-state index in [1.807, 2.05) is 18.3 Å². The highest BCUT2D eigenvalue weighted by atomic mass is 32.1. The number of aromatic nitrogens is 2. The van der Waals surface area contributed by atoms with Crippen molar-refractivity contribution < 1.29 is 5.11 Å².